The van der Waals surface area contributed by atoms with Crippen LogP contribution in [0.2, 0.25) is 0 Å². The molecule has 0 atom stereocenters. The van der Waals surface area contributed by atoms with Gasteiger partial charge in [0.15, 0.2) is 5.82 Å². The lowest BCUT2D eigenvalue weighted by Crippen LogP contribution is -2.14. The molecule has 7 nitrogen and oxygen atoms in total. The van der Waals surface area contributed by atoms with E-state index in [0.29, 0.717) is 16.5 Å². The normalized spacial score (nSPS) is 11.1. The highest BCUT2D eigenvalue weighted by Crippen LogP contribution is 2.31. The molecule has 4 heterocycles. The molecule has 5 rings (SSSR count). The number of hydrogen-bond donors (Lipinski definition) is 1. The minimum Gasteiger partial charge on any atom is -0.306 e. The van der Waals surface area contributed by atoms with E-state index in [-0.39, 0.29) is 5.91 Å². The zero-order valence-electron chi connectivity index (χ0n) is 16.4. The van der Waals surface area contributed by atoms with E-state index < -0.39 is 0 Å². The summed E-state index contributed by atoms with van der Waals surface area (Å²) in [4.78, 5) is 18.9. The molecule has 8 heteroatoms. The number of nitrogens with zero attached hydrogens (tertiary/aromatic N) is 5. The predicted molar refractivity (Wildman–Crippen MR) is 118 cm³/mol. The molecule has 0 aliphatic heterocycles. The molecule has 4 aromatic heterocycles. The Morgan fingerprint density at radius 1 is 0.967 bits per heavy atom. The third kappa shape index (κ3) is 3.17. The van der Waals surface area contributed by atoms with Crippen LogP contribution in [0.25, 0.3) is 21.7 Å². The third-order valence-corrected chi connectivity index (χ3v) is 5.82. The highest BCUT2D eigenvalue weighted by atomic mass is 32.1. The number of aryl methyl sites for hydroxylation is 2. The number of anilines is 1. The summed E-state index contributed by atoms with van der Waals surface area (Å²) >= 11 is 1.42. The lowest BCUT2D eigenvalue weighted by Gasteiger charge is -2.07. The van der Waals surface area contributed by atoms with Crippen LogP contribution in [0, 0.1) is 13.8 Å². The van der Waals surface area contributed by atoms with Gasteiger partial charge >= 0.3 is 0 Å². The Balaban J connectivity index is 1.50. The quantitative estimate of drug-likeness (QED) is 0.468. The van der Waals surface area contributed by atoms with Crippen LogP contribution in [0.3, 0.4) is 0 Å². The largest absolute Gasteiger partial charge is 0.306 e. The Hall–Kier alpha value is -3.78. The standard InChI is InChI=1S/C22H18N6OS/c1-14-12-20(28(25-14)19-10-6-7-11-23-19)24-21(29)18-13-17-15(2)26-27(22(17)30-18)16-8-4-3-5-9-16/h3-13H,1-2H3,(H,24,29). The van der Waals surface area contributed by atoms with E-state index in [1.165, 1.54) is 11.3 Å². The van der Waals surface area contributed by atoms with Gasteiger partial charge in [0.2, 0.25) is 0 Å². The SMILES string of the molecule is Cc1cc(NC(=O)c2cc3c(C)nn(-c4ccccc4)c3s2)n(-c2ccccn2)n1. The van der Waals surface area contributed by atoms with E-state index in [1.807, 2.05) is 79.2 Å². The summed E-state index contributed by atoms with van der Waals surface area (Å²) < 4.78 is 3.52. The first-order valence-electron chi connectivity index (χ1n) is 9.44. The number of amides is 1. The van der Waals surface area contributed by atoms with Crippen molar-refractivity contribution in [3.05, 3.63) is 83.1 Å². The fourth-order valence-corrected chi connectivity index (χ4v) is 4.40. The highest BCUT2D eigenvalue weighted by molar-refractivity contribution is 7.20. The van der Waals surface area contributed by atoms with Gasteiger partial charge in [-0.15, -0.1) is 11.3 Å². The molecule has 1 aromatic carbocycles. The number of carbonyl (C=O) groups is 1. The minimum absolute atomic E-state index is 0.188. The van der Waals surface area contributed by atoms with E-state index in [2.05, 4.69) is 20.5 Å². The molecule has 148 valence electrons. The molecule has 0 fully saturated rings. The molecular formula is C22H18N6OS. The second kappa shape index (κ2) is 7.23. The Bertz CT molecular complexity index is 1350. The molecule has 0 bridgehead atoms. The number of benzene rings is 1. The van der Waals surface area contributed by atoms with E-state index in [4.69, 9.17) is 0 Å². The third-order valence-electron chi connectivity index (χ3n) is 4.71. The number of nitrogens with one attached hydrogen (secondary N) is 1. The summed E-state index contributed by atoms with van der Waals surface area (Å²) in [6, 6.07) is 19.2. The minimum atomic E-state index is -0.188. The number of aromatic nitrogens is 5. The van der Waals surface area contributed by atoms with Crippen molar-refractivity contribution >= 4 is 33.3 Å². The van der Waals surface area contributed by atoms with Gasteiger partial charge in [-0.3, -0.25) is 4.79 Å². The molecule has 0 spiro atoms. The second-order valence-corrected chi connectivity index (χ2v) is 7.92. The van der Waals surface area contributed by atoms with Crippen molar-refractivity contribution < 1.29 is 4.79 Å². The second-order valence-electron chi connectivity index (χ2n) is 6.89. The monoisotopic (exact) mass is 414 g/mol. The van der Waals surface area contributed by atoms with Gasteiger partial charge < -0.3 is 5.32 Å². The Morgan fingerprint density at radius 2 is 1.77 bits per heavy atom. The summed E-state index contributed by atoms with van der Waals surface area (Å²) in [5, 5.41) is 13.0. The van der Waals surface area contributed by atoms with Crippen molar-refractivity contribution in [1.29, 1.82) is 0 Å². The molecule has 0 unspecified atom stereocenters. The van der Waals surface area contributed by atoms with Crippen molar-refractivity contribution in [2.75, 3.05) is 5.32 Å². The summed E-state index contributed by atoms with van der Waals surface area (Å²) in [7, 11) is 0. The Kier molecular flexibility index (Phi) is 4.40. The van der Waals surface area contributed by atoms with E-state index in [0.717, 1.165) is 27.3 Å². The average Bonchev–Trinajstić information content (AvgIpc) is 3.44. The molecule has 1 N–H and O–H groups in total. The lowest BCUT2D eigenvalue weighted by molar-refractivity contribution is 0.103. The van der Waals surface area contributed by atoms with Crippen molar-refractivity contribution in [3.8, 4) is 11.5 Å². The summed E-state index contributed by atoms with van der Waals surface area (Å²) in [6.45, 7) is 3.84. The predicted octanol–water partition coefficient (Wildman–Crippen LogP) is 4.54. The van der Waals surface area contributed by atoms with Crippen LogP contribution < -0.4 is 5.32 Å². The molecular weight excluding hydrogens is 396 g/mol. The molecule has 5 aromatic rings. The summed E-state index contributed by atoms with van der Waals surface area (Å²) in [5.41, 5.74) is 2.65. The maximum Gasteiger partial charge on any atom is 0.266 e. The number of thiophene rings is 1. The smallest absolute Gasteiger partial charge is 0.266 e. The fourth-order valence-electron chi connectivity index (χ4n) is 3.32. The van der Waals surface area contributed by atoms with E-state index in [9.17, 15) is 4.79 Å². The van der Waals surface area contributed by atoms with Crippen LogP contribution >= 0.6 is 11.3 Å². The van der Waals surface area contributed by atoms with Crippen LogP contribution in [0.4, 0.5) is 5.82 Å². The summed E-state index contributed by atoms with van der Waals surface area (Å²) in [6.07, 6.45) is 1.70. The first kappa shape index (κ1) is 18.3. The zero-order chi connectivity index (χ0) is 20.7. The van der Waals surface area contributed by atoms with Crippen LogP contribution in [0.5, 0.6) is 0 Å². The molecule has 0 radical (unpaired) electrons. The van der Waals surface area contributed by atoms with Crippen molar-refractivity contribution in [1.82, 2.24) is 24.5 Å². The van der Waals surface area contributed by atoms with Crippen LogP contribution in [-0.4, -0.2) is 30.5 Å². The van der Waals surface area contributed by atoms with Crippen molar-refractivity contribution in [2.45, 2.75) is 13.8 Å². The molecule has 0 saturated heterocycles. The number of pyridine rings is 1. The summed E-state index contributed by atoms with van der Waals surface area (Å²) in [5.74, 6) is 1.04. The van der Waals surface area contributed by atoms with Gasteiger partial charge in [-0.25, -0.2) is 9.67 Å². The van der Waals surface area contributed by atoms with Gasteiger partial charge in [-0.05, 0) is 44.2 Å². The van der Waals surface area contributed by atoms with Gasteiger partial charge in [0.05, 0.1) is 22.0 Å². The van der Waals surface area contributed by atoms with Crippen LogP contribution in [0.1, 0.15) is 21.1 Å². The van der Waals surface area contributed by atoms with Gasteiger partial charge in [0.1, 0.15) is 10.6 Å². The first-order valence-corrected chi connectivity index (χ1v) is 10.3. The highest BCUT2D eigenvalue weighted by Gasteiger charge is 2.19. The molecule has 30 heavy (non-hydrogen) atoms. The Labute approximate surface area is 176 Å². The first-order chi connectivity index (χ1) is 14.6. The van der Waals surface area contributed by atoms with Gasteiger partial charge in [0.25, 0.3) is 5.91 Å². The topological polar surface area (TPSA) is 77.6 Å². The number of para-hydroxylation sites is 1. The van der Waals surface area contributed by atoms with Crippen LogP contribution in [0.15, 0.2) is 66.9 Å². The van der Waals surface area contributed by atoms with Crippen molar-refractivity contribution in [2.24, 2.45) is 0 Å². The van der Waals surface area contributed by atoms with Crippen LogP contribution in [-0.2, 0) is 0 Å². The Morgan fingerprint density at radius 3 is 2.53 bits per heavy atom. The number of carbonyl (C=O) groups excluding carboxylic acids is 1. The maximum absolute atomic E-state index is 13.0. The molecule has 1 amide bonds. The molecule has 0 saturated carbocycles. The number of rotatable bonds is 4. The van der Waals surface area contributed by atoms with Crippen molar-refractivity contribution in [3.63, 3.8) is 0 Å². The lowest BCUT2D eigenvalue weighted by atomic mass is 10.3. The van der Waals surface area contributed by atoms with Gasteiger partial charge in [-0.1, -0.05) is 24.3 Å². The van der Waals surface area contributed by atoms with Gasteiger partial charge in [-0.2, -0.15) is 14.9 Å². The average molecular weight is 414 g/mol. The van der Waals surface area contributed by atoms with Gasteiger partial charge in [0, 0.05) is 17.6 Å². The maximum atomic E-state index is 13.0. The van der Waals surface area contributed by atoms with E-state index >= 15 is 0 Å². The van der Waals surface area contributed by atoms with E-state index in [1.54, 1.807) is 10.9 Å². The zero-order valence-corrected chi connectivity index (χ0v) is 17.2. The number of fused-ring (bicyclic) bond motifs is 1. The number of hydrogen-bond acceptors (Lipinski definition) is 5. The fraction of sp³-hybridized carbons (Fsp3) is 0.0909. The molecule has 0 aliphatic rings. The molecule has 0 aliphatic carbocycles.